The summed E-state index contributed by atoms with van der Waals surface area (Å²) in [6.07, 6.45) is 1.43. The van der Waals surface area contributed by atoms with Crippen LogP contribution in [0.25, 0.3) is 6.08 Å². The number of urea groups is 1. The Kier molecular flexibility index (Phi) is 8.05. The number of carbonyl (C=O) groups excluding carboxylic acids is 3. The van der Waals surface area contributed by atoms with Crippen molar-refractivity contribution >= 4 is 41.2 Å². The van der Waals surface area contributed by atoms with Crippen LogP contribution in [-0.4, -0.2) is 36.0 Å². The van der Waals surface area contributed by atoms with Crippen molar-refractivity contribution in [2.24, 2.45) is 0 Å². The molecule has 0 saturated carbocycles. The second-order valence-corrected chi connectivity index (χ2v) is 8.34. The molecule has 0 bridgehead atoms. The Hall–Kier alpha value is -4.37. The minimum atomic E-state index is -0.667. The second-order valence-electron chi connectivity index (χ2n) is 7.94. The van der Waals surface area contributed by atoms with Crippen molar-refractivity contribution in [3.63, 3.8) is 0 Å². The predicted octanol–water partition coefficient (Wildman–Crippen LogP) is 4.99. The van der Waals surface area contributed by atoms with Crippen LogP contribution in [0, 0.1) is 5.82 Å². The highest BCUT2D eigenvalue weighted by Gasteiger charge is 2.34. The van der Waals surface area contributed by atoms with Gasteiger partial charge >= 0.3 is 6.03 Å². The van der Waals surface area contributed by atoms with Gasteiger partial charge in [-0.05, 0) is 48.9 Å². The van der Waals surface area contributed by atoms with Crippen LogP contribution in [0.1, 0.15) is 18.1 Å². The van der Waals surface area contributed by atoms with E-state index < -0.39 is 17.8 Å². The molecule has 3 aromatic carbocycles. The van der Waals surface area contributed by atoms with Gasteiger partial charge < -0.3 is 20.1 Å². The molecule has 1 aliphatic heterocycles. The van der Waals surface area contributed by atoms with E-state index in [1.165, 1.54) is 30.3 Å². The van der Waals surface area contributed by atoms with E-state index in [0.717, 1.165) is 4.90 Å². The van der Waals surface area contributed by atoms with Crippen LogP contribution in [0.5, 0.6) is 11.5 Å². The third kappa shape index (κ3) is 6.25. The van der Waals surface area contributed by atoms with E-state index in [4.69, 9.17) is 21.1 Å². The van der Waals surface area contributed by atoms with Gasteiger partial charge in [-0.15, -0.1) is 0 Å². The Bertz CT molecular complexity index is 1360. The summed E-state index contributed by atoms with van der Waals surface area (Å²) >= 11 is 6.43. The molecule has 0 atom stereocenters. The largest absolute Gasteiger partial charge is 0.490 e. The second kappa shape index (κ2) is 11.6. The first kappa shape index (κ1) is 25.7. The molecule has 1 saturated heterocycles. The van der Waals surface area contributed by atoms with Gasteiger partial charge in [-0.3, -0.25) is 14.5 Å². The first-order valence-electron chi connectivity index (χ1n) is 11.4. The average molecular weight is 524 g/mol. The minimum absolute atomic E-state index is 0.00392. The number of carbonyl (C=O) groups is 3. The number of halogens is 2. The molecule has 190 valence electrons. The average Bonchev–Trinajstić information content (AvgIpc) is 3.13. The van der Waals surface area contributed by atoms with E-state index in [9.17, 15) is 18.8 Å². The number of ether oxygens (including phenoxy) is 2. The van der Waals surface area contributed by atoms with Crippen LogP contribution in [0.3, 0.4) is 0 Å². The van der Waals surface area contributed by atoms with Gasteiger partial charge in [-0.2, -0.15) is 0 Å². The molecular weight excluding hydrogens is 501 g/mol. The Balaban J connectivity index is 1.50. The SMILES string of the molecule is CCOc1cc(/C=C2/NC(=O)N(Cc3ccccc3F)C2=O)cc(Cl)c1OCC(=O)Nc1ccccc1. The predicted molar refractivity (Wildman–Crippen MR) is 137 cm³/mol. The maximum absolute atomic E-state index is 14.0. The standard InChI is InChI=1S/C27H23ClFN3O5/c1-2-36-23-14-17(12-20(28)25(23)37-16-24(33)30-19-9-4-3-5-10-19)13-22-26(34)32(27(35)31-22)15-18-8-6-7-11-21(18)29/h3-14H,2,15-16H2,1H3,(H,30,33)(H,31,35)/b22-13+. The zero-order valence-corrected chi connectivity index (χ0v) is 20.5. The van der Waals surface area contributed by atoms with Gasteiger partial charge in [0.25, 0.3) is 11.8 Å². The molecule has 37 heavy (non-hydrogen) atoms. The summed E-state index contributed by atoms with van der Waals surface area (Å²) < 4.78 is 25.3. The van der Waals surface area contributed by atoms with Crippen molar-refractivity contribution in [3.05, 3.63) is 94.4 Å². The molecule has 0 unspecified atom stereocenters. The molecule has 0 spiro atoms. The first-order valence-corrected chi connectivity index (χ1v) is 11.8. The maximum Gasteiger partial charge on any atom is 0.329 e. The zero-order valence-electron chi connectivity index (χ0n) is 19.8. The summed E-state index contributed by atoms with van der Waals surface area (Å²) in [5.41, 5.74) is 1.29. The summed E-state index contributed by atoms with van der Waals surface area (Å²) in [5.74, 6) is -1.08. The van der Waals surface area contributed by atoms with Crippen molar-refractivity contribution in [2.45, 2.75) is 13.5 Å². The third-order valence-corrected chi connectivity index (χ3v) is 5.58. The number of para-hydroxylation sites is 1. The smallest absolute Gasteiger partial charge is 0.329 e. The molecule has 1 heterocycles. The van der Waals surface area contributed by atoms with Crippen molar-refractivity contribution in [1.29, 1.82) is 0 Å². The molecule has 2 N–H and O–H groups in total. The lowest BCUT2D eigenvalue weighted by molar-refractivity contribution is -0.123. The number of hydrogen-bond donors (Lipinski definition) is 2. The monoisotopic (exact) mass is 523 g/mol. The Morgan fingerprint density at radius 3 is 2.54 bits per heavy atom. The van der Waals surface area contributed by atoms with Gasteiger partial charge in [0.05, 0.1) is 18.2 Å². The van der Waals surface area contributed by atoms with Gasteiger partial charge in [0.1, 0.15) is 11.5 Å². The Labute approximate surface area is 217 Å². The number of anilines is 1. The fraction of sp³-hybridized carbons (Fsp3) is 0.148. The van der Waals surface area contributed by atoms with Gasteiger partial charge in [-0.25, -0.2) is 9.18 Å². The van der Waals surface area contributed by atoms with Crippen LogP contribution in [0.2, 0.25) is 5.02 Å². The number of rotatable bonds is 9. The highest BCUT2D eigenvalue weighted by molar-refractivity contribution is 6.32. The van der Waals surface area contributed by atoms with Crippen LogP contribution in [0.4, 0.5) is 14.9 Å². The lowest BCUT2D eigenvalue weighted by Gasteiger charge is -2.15. The highest BCUT2D eigenvalue weighted by Crippen LogP contribution is 2.37. The maximum atomic E-state index is 14.0. The molecule has 4 amide bonds. The van der Waals surface area contributed by atoms with E-state index in [0.29, 0.717) is 11.3 Å². The fourth-order valence-corrected chi connectivity index (χ4v) is 3.88. The van der Waals surface area contributed by atoms with Gasteiger partial charge in [-0.1, -0.05) is 48.0 Å². The van der Waals surface area contributed by atoms with E-state index in [1.807, 2.05) is 6.07 Å². The van der Waals surface area contributed by atoms with Crippen LogP contribution < -0.4 is 20.1 Å². The molecule has 3 aromatic rings. The van der Waals surface area contributed by atoms with E-state index >= 15 is 0 Å². The van der Waals surface area contributed by atoms with Gasteiger partial charge in [0.15, 0.2) is 18.1 Å². The molecule has 0 aliphatic carbocycles. The normalized spacial score (nSPS) is 14.0. The third-order valence-electron chi connectivity index (χ3n) is 5.30. The molecule has 8 nitrogen and oxygen atoms in total. The minimum Gasteiger partial charge on any atom is -0.490 e. The van der Waals surface area contributed by atoms with Crippen molar-refractivity contribution < 1.29 is 28.2 Å². The zero-order chi connectivity index (χ0) is 26.4. The van der Waals surface area contributed by atoms with Gasteiger partial charge in [0, 0.05) is 11.3 Å². The number of nitrogens with one attached hydrogen (secondary N) is 2. The summed E-state index contributed by atoms with van der Waals surface area (Å²) in [5, 5.41) is 5.36. The quantitative estimate of drug-likeness (QED) is 0.304. The van der Waals surface area contributed by atoms with Crippen molar-refractivity contribution in [3.8, 4) is 11.5 Å². The molecule has 10 heteroatoms. The summed E-state index contributed by atoms with van der Waals surface area (Å²) in [4.78, 5) is 38.4. The molecule has 1 aliphatic rings. The summed E-state index contributed by atoms with van der Waals surface area (Å²) in [6.45, 7) is 1.54. The molecule has 0 radical (unpaired) electrons. The summed E-state index contributed by atoms with van der Waals surface area (Å²) in [7, 11) is 0. The van der Waals surface area contributed by atoms with Gasteiger partial charge in [0.2, 0.25) is 0 Å². The Morgan fingerprint density at radius 1 is 1.08 bits per heavy atom. The summed E-state index contributed by atoms with van der Waals surface area (Å²) in [6, 6.07) is 17.3. The number of nitrogens with zero attached hydrogens (tertiary/aromatic N) is 1. The van der Waals surface area contributed by atoms with Crippen molar-refractivity contribution in [1.82, 2.24) is 10.2 Å². The molecule has 4 rings (SSSR count). The lowest BCUT2D eigenvalue weighted by atomic mass is 10.1. The van der Waals surface area contributed by atoms with E-state index in [2.05, 4.69) is 10.6 Å². The number of benzene rings is 3. The number of imide groups is 1. The fourth-order valence-electron chi connectivity index (χ4n) is 3.61. The molecular formula is C27H23ClFN3O5. The highest BCUT2D eigenvalue weighted by atomic mass is 35.5. The molecule has 0 aromatic heterocycles. The van der Waals surface area contributed by atoms with Crippen molar-refractivity contribution in [2.75, 3.05) is 18.5 Å². The lowest BCUT2D eigenvalue weighted by Crippen LogP contribution is -2.30. The van der Waals surface area contributed by atoms with E-state index in [1.54, 1.807) is 43.3 Å². The van der Waals surface area contributed by atoms with Crippen LogP contribution >= 0.6 is 11.6 Å². The van der Waals surface area contributed by atoms with Crippen LogP contribution in [0.15, 0.2) is 72.4 Å². The number of hydrogen-bond acceptors (Lipinski definition) is 5. The Morgan fingerprint density at radius 2 is 1.81 bits per heavy atom. The first-order chi connectivity index (χ1) is 17.9. The number of amides is 4. The van der Waals surface area contributed by atoms with E-state index in [-0.39, 0.29) is 53.4 Å². The topological polar surface area (TPSA) is 97.0 Å². The van der Waals surface area contributed by atoms with Crippen LogP contribution in [-0.2, 0) is 16.1 Å². The molecule has 1 fully saturated rings.